The van der Waals surface area contributed by atoms with E-state index in [2.05, 4.69) is 20.7 Å². The zero-order valence-corrected chi connectivity index (χ0v) is 16.0. The van der Waals surface area contributed by atoms with E-state index >= 15 is 0 Å². The Hall–Kier alpha value is -1.77. The topological polar surface area (TPSA) is 34.2 Å². The summed E-state index contributed by atoms with van der Waals surface area (Å²) in [6.45, 7) is 1.74. The molecular weight excluding hydrogens is 460 g/mol. The summed E-state index contributed by atoms with van der Waals surface area (Å²) in [4.78, 5) is 12.9. The summed E-state index contributed by atoms with van der Waals surface area (Å²) < 4.78 is 44.0. The Morgan fingerprint density at radius 1 is 1.23 bits per heavy atom. The van der Waals surface area contributed by atoms with Gasteiger partial charge in [0.1, 0.15) is 27.0 Å². The van der Waals surface area contributed by atoms with Crippen molar-refractivity contribution in [3.63, 3.8) is 0 Å². The Kier molecular flexibility index (Phi) is 4.94. The highest BCUT2D eigenvalue weighted by molar-refractivity contribution is 9.10. The number of aromatic nitrogens is 1. The van der Waals surface area contributed by atoms with Crippen LogP contribution in [0.15, 0.2) is 44.9 Å². The molecule has 0 fully saturated rings. The smallest absolute Gasteiger partial charge is 0.406 e. The van der Waals surface area contributed by atoms with Crippen LogP contribution in [0, 0.1) is 0 Å². The number of rotatable bonds is 2. The third kappa shape index (κ3) is 3.28. The second kappa shape index (κ2) is 6.75. The number of halogens is 6. The van der Waals surface area contributed by atoms with Crippen molar-refractivity contribution in [3.8, 4) is 11.4 Å². The summed E-state index contributed by atoms with van der Waals surface area (Å²) in [6.07, 6.45) is -1.63. The van der Waals surface area contributed by atoms with E-state index in [9.17, 15) is 18.0 Å². The highest BCUT2D eigenvalue weighted by Crippen LogP contribution is 2.43. The molecule has 1 aliphatic heterocycles. The minimum absolute atomic E-state index is 0.0943. The van der Waals surface area contributed by atoms with Gasteiger partial charge in [-0.25, -0.2) is 0 Å². The highest BCUT2D eigenvalue weighted by atomic mass is 79.9. The molecule has 0 unspecified atom stereocenters. The summed E-state index contributed by atoms with van der Waals surface area (Å²) in [5, 5.41) is 0.283. The first-order valence-electron chi connectivity index (χ1n) is 7.09. The van der Waals surface area contributed by atoms with Crippen molar-refractivity contribution in [2.24, 2.45) is 0 Å². The lowest BCUT2D eigenvalue weighted by atomic mass is 10.2. The van der Waals surface area contributed by atoms with Gasteiger partial charge in [-0.15, -0.1) is 13.2 Å². The molecule has 0 atom stereocenters. The van der Waals surface area contributed by atoms with Crippen molar-refractivity contribution >= 4 is 56.1 Å². The number of hydrogen-bond donors (Lipinski definition) is 0. The van der Waals surface area contributed by atoms with Crippen molar-refractivity contribution in [2.45, 2.75) is 13.3 Å². The van der Waals surface area contributed by atoms with E-state index in [1.807, 2.05) is 0 Å². The van der Waals surface area contributed by atoms with Crippen molar-refractivity contribution in [1.82, 2.24) is 4.57 Å². The van der Waals surface area contributed by atoms with Crippen LogP contribution in [0.1, 0.15) is 12.5 Å². The third-order valence-corrected chi connectivity index (χ3v) is 5.01. The van der Waals surface area contributed by atoms with Crippen molar-refractivity contribution < 1.29 is 22.5 Å². The molecule has 1 aromatic carbocycles. The van der Waals surface area contributed by atoms with Gasteiger partial charge >= 0.3 is 11.5 Å². The predicted octanol–water partition coefficient (Wildman–Crippen LogP) is 5.35. The molecule has 2 heterocycles. The monoisotopic (exact) mass is 467 g/mol. The normalized spacial score (nSPS) is 15.6. The first kappa shape index (κ1) is 19.0. The van der Waals surface area contributed by atoms with E-state index in [1.54, 1.807) is 17.7 Å². The molecule has 3 rings (SSSR count). The lowest BCUT2D eigenvalue weighted by molar-refractivity contribution is -0.360. The van der Waals surface area contributed by atoms with E-state index in [1.165, 1.54) is 22.9 Å². The fraction of sp³-hybridized carbons (Fsp3) is 0.125. The minimum Gasteiger partial charge on any atom is -0.406 e. The van der Waals surface area contributed by atoms with Crippen LogP contribution >= 0.6 is 39.1 Å². The number of benzene rings is 1. The average Bonchev–Trinajstić information content (AvgIpc) is 2.82. The molecule has 136 valence electrons. The summed E-state index contributed by atoms with van der Waals surface area (Å²) in [6, 6.07) is 4.90. The summed E-state index contributed by atoms with van der Waals surface area (Å²) >= 11 is 15.8. The van der Waals surface area contributed by atoms with Crippen LogP contribution in [-0.4, -0.2) is 21.7 Å². The molecule has 0 saturated heterocycles. The predicted molar refractivity (Wildman–Crippen MR) is 96.7 cm³/mol. The summed E-state index contributed by atoms with van der Waals surface area (Å²) in [5.41, 5.74) is 0.577. The maximum absolute atomic E-state index is 12.9. The van der Waals surface area contributed by atoms with Crippen LogP contribution < -0.4 is 10.3 Å². The molecule has 4 nitrogen and oxygen atoms in total. The van der Waals surface area contributed by atoms with Gasteiger partial charge in [0, 0.05) is 18.8 Å². The maximum atomic E-state index is 12.9. The van der Waals surface area contributed by atoms with Gasteiger partial charge in [-0.1, -0.05) is 11.6 Å². The number of nitrogens with zero attached hydrogens (tertiary/aromatic N) is 2. The molecule has 2 aromatic rings. The van der Waals surface area contributed by atoms with Gasteiger partial charge in [0.15, 0.2) is 0 Å². The number of fused-ring (bicyclic) bond motifs is 1. The number of pyridine rings is 1. The fourth-order valence-corrected chi connectivity index (χ4v) is 3.69. The maximum Gasteiger partial charge on any atom is 0.573 e. The SMILES string of the molecule is CC=[N+]1C(Cl)=C(Cl)c2c1c(Br)cn(-c1ccc(OC(F)(F)F)cc1)c2=O. The van der Waals surface area contributed by atoms with Crippen LogP contribution in [-0.2, 0) is 0 Å². The van der Waals surface area contributed by atoms with Crippen molar-refractivity contribution in [2.75, 3.05) is 0 Å². The Balaban J connectivity index is 2.12. The molecule has 0 amide bonds. The highest BCUT2D eigenvalue weighted by Gasteiger charge is 2.38. The van der Waals surface area contributed by atoms with E-state index in [0.717, 1.165) is 12.1 Å². The van der Waals surface area contributed by atoms with Crippen molar-refractivity contribution in [3.05, 3.63) is 56.0 Å². The minimum atomic E-state index is -4.79. The second-order valence-electron chi connectivity index (χ2n) is 5.15. The van der Waals surface area contributed by atoms with Gasteiger partial charge in [-0.05, 0) is 51.8 Å². The lowest BCUT2D eigenvalue weighted by Gasteiger charge is -2.11. The molecule has 0 aliphatic carbocycles. The molecular formula is C16H9BrCl2F3N2O2+. The summed E-state index contributed by atoms with van der Waals surface area (Å²) in [5.74, 6) is -0.387. The van der Waals surface area contributed by atoms with E-state index < -0.39 is 11.9 Å². The number of alkyl halides is 3. The zero-order valence-electron chi connectivity index (χ0n) is 12.9. The second-order valence-corrected chi connectivity index (χ2v) is 6.74. The first-order chi connectivity index (χ1) is 12.1. The fourth-order valence-electron chi connectivity index (χ4n) is 2.56. The number of ether oxygens (including phenoxy) is 1. The van der Waals surface area contributed by atoms with Gasteiger partial charge < -0.3 is 4.74 Å². The van der Waals surface area contributed by atoms with Gasteiger partial charge in [-0.3, -0.25) is 9.36 Å². The first-order valence-corrected chi connectivity index (χ1v) is 8.64. The van der Waals surface area contributed by atoms with E-state index in [-0.39, 0.29) is 21.5 Å². The van der Waals surface area contributed by atoms with Gasteiger partial charge in [0.05, 0.1) is 0 Å². The molecule has 26 heavy (non-hydrogen) atoms. The quantitative estimate of drug-likeness (QED) is 0.439. The van der Waals surface area contributed by atoms with E-state index in [0.29, 0.717) is 15.8 Å². The molecule has 1 aliphatic rings. The van der Waals surface area contributed by atoms with Crippen LogP contribution in [0.3, 0.4) is 0 Å². The van der Waals surface area contributed by atoms with Gasteiger partial charge in [0.2, 0.25) is 5.69 Å². The summed E-state index contributed by atoms with van der Waals surface area (Å²) in [7, 11) is 0. The Labute approximate surface area is 163 Å². The van der Waals surface area contributed by atoms with Crippen LogP contribution in [0.25, 0.3) is 10.7 Å². The molecule has 0 saturated carbocycles. The Bertz CT molecular complexity index is 1010. The van der Waals surface area contributed by atoms with Crippen LogP contribution in [0.2, 0.25) is 0 Å². The molecule has 10 heteroatoms. The lowest BCUT2D eigenvalue weighted by Crippen LogP contribution is -2.21. The average molecular weight is 469 g/mol. The largest absolute Gasteiger partial charge is 0.573 e. The van der Waals surface area contributed by atoms with Crippen molar-refractivity contribution in [1.29, 1.82) is 0 Å². The van der Waals surface area contributed by atoms with Gasteiger partial charge in [0.25, 0.3) is 5.56 Å². The standard InChI is InChI=1S/C16H9BrCl2F3N2O2/c1-2-23-13-10(17)7-24(15(25)11(13)12(18)14(23)19)8-3-5-9(6-4-8)26-16(20,21)22/h2-7H,1H3/q+1. The Morgan fingerprint density at radius 3 is 2.38 bits per heavy atom. The Morgan fingerprint density at radius 2 is 1.85 bits per heavy atom. The van der Waals surface area contributed by atoms with Crippen LogP contribution in [0.5, 0.6) is 5.75 Å². The molecule has 1 aromatic heterocycles. The van der Waals surface area contributed by atoms with E-state index in [4.69, 9.17) is 23.2 Å². The molecule has 0 spiro atoms. The molecule has 0 N–H and O–H groups in total. The van der Waals surface area contributed by atoms with Gasteiger partial charge in [-0.2, -0.15) is 4.58 Å². The zero-order chi connectivity index (χ0) is 19.2. The van der Waals surface area contributed by atoms with Crippen LogP contribution in [0.4, 0.5) is 18.9 Å². The molecule has 0 radical (unpaired) electrons. The third-order valence-electron chi connectivity index (χ3n) is 3.60. The molecule has 0 bridgehead atoms. The number of hydrogen-bond acceptors (Lipinski definition) is 2.